The number of carbonyl (C=O) groups excluding carboxylic acids is 4. The fourth-order valence-corrected chi connectivity index (χ4v) is 2.94. The summed E-state index contributed by atoms with van der Waals surface area (Å²) in [6.45, 7) is 0.310. The van der Waals surface area contributed by atoms with Crippen molar-refractivity contribution in [2.75, 3.05) is 26.2 Å². The highest BCUT2D eigenvalue weighted by atomic mass is 35.5. The van der Waals surface area contributed by atoms with Gasteiger partial charge in [-0.25, -0.2) is 9.97 Å². The average molecular weight is 451 g/mol. The number of fused-ring (bicyclic) bond motifs is 4. The van der Waals surface area contributed by atoms with Crippen LogP contribution in [0.25, 0.3) is 0 Å². The van der Waals surface area contributed by atoms with E-state index in [9.17, 15) is 19.2 Å². The monoisotopic (exact) mass is 450 g/mol. The Morgan fingerprint density at radius 1 is 0.533 bits per heavy atom. The van der Waals surface area contributed by atoms with Gasteiger partial charge in [-0.3, -0.25) is 19.2 Å². The second-order valence-electron chi connectivity index (χ2n) is 6.14. The van der Waals surface area contributed by atoms with Crippen LogP contribution >= 0.6 is 23.2 Å². The molecule has 0 saturated carbocycles. The minimum atomic E-state index is -0.558. The Hall–Kier alpha value is -3.24. The summed E-state index contributed by atoms with van der Waals surface area (Å²) in [7, 11) is 0. The van der Waals surface area contributed by atoms with Crippen molar-refractivity contribution >= 4 is 46.8 Å². The van der Waals surface area contributed by atoms with Gasteiger partial charge in [0.2, 0.25) is 0 Å². The standard InChI is InChI=1S/C18H16Cl2N6O4/c19-9-5-11-15(27)21-1-2-22-16(28)12-6-10(20)8-14(26-12)18(30)24-4-3-23-17(29)13(7-9)25-11/h5-8H,1-4H2,(H,21,27)(H,22,28)(H,23,29)(H,24,30). The Bertz CT molecular complexity index is 876. The molecule has 0 aliphatic carbocycles. The smallest absolute Gasteiger partial charge is 0.270 e. The number of amides is 4. The summed E-state index contributed by atoms with van der Waals surface area (Å²) < 4.78 is 0. The van der Waals surface area contributed by atoms with E-state index >= 15 is 0 Å². The minimum Gasteiger partial charge on any atom is -0.349 e. The van der Waals surface area contributed by atoms with Crippen LogP contribution in [0.3, 0.4) is 0 Å². The van der Waals surface area contributed by atoms with E-state index < -0.39 is 23.6 Å². The molecule has 2 aromatic rings. The molecule has 10 nitrogen and oxygen atoms in total. The summed E-state index contributed by atoms with van der Waals surface area (Å²) in [6, 6.07) is 5.29. The Labute approximate surface area is 180 Å². The fourth-order valence-electron chi connectivity index (χ4n) is 2.53. The third-order valence-electron chi connectivity index (χ3n) is 3.90. The van der Waals surface area contributed by atoms with E-state index in [0.29, 0.717) is 0 Å². The molecule has 4 N–H and O–H groups in total. The molecule has 12 heteroatoms. The fraction of sp³-hybridized carbons (Fsp3) is 0.222. The third-order valence-corrected chi connectivity index (χ3v) is 4.34. The van der Waals surface area contributed by atoms with Crippen molar-refractivity contribution in [1.82, 2.24) is 31.2 Å². The molecule has 4 amide bonds. The SMILES string of the molecule is O=C1NCCNC(=O)c2cc(Cl)cc(n2)C(=O)NCCNC(=O)c2cc(Cl)cc1n2. The first kappa shape index (κ1) is 21.5. The van der Waals surface area contributed by atoms with E-state index in [1.165, 1.54) is 24.3 Å². The van der Waals surface area contributed by atoms with Crippen LogP contribution in [0, 0.1) is 0 Å². The maximum absolute atomic E-state index is 12.3. The molecular weight excluding hydrogens is 435 g/mol. The van der Waals surface area contributed by atoms with Crippen molar-refractivity contribution in [3.8, 4) is 0 Å². The number of rotatable bonds is 0. The van der Waals surface area contributed by atoms with Crippen LogP contribution in [0.5, 0.6) is 0 Å². The van der Waals surface area contributed by atoms with Crippen molar-refractivity contribution in [2.45, 2.75) is 0 Å². The molecule has 3 rings (SSSR count). The van der Waals surface area contributed by atoms with Crippen molar-refractivity contribution in [1.29, 1.82) is 0 Å². The number of nitrogens with one attached hydrogen (secondary N) is 4. The normalized spacial score (nSPS) is 15.8. The first-order chi connectivity index (χ1) is 14.3. The van der Waals surface area contributed by atoms with Gasteiger partial charge in [-0.1, -0.05) is 23.2 Å². The van der Waals surface area contributed by atoms with Crippen LogP contribution in [0.2, 0.25) is 10.0 Å². The third kappa shape index (κ3) is 5.43. The van der Waals surface area contributed by atoms with Crippen molar-refractivity contribution in [2.24, 2.45) is 0 Å². The lowest BCUT2D eigenvalue weighted by Crippen LogP contribution is -2.37. The molecule has 0 unspecified atom stereocenters. The zero-order valence-electron chi connectivity index (χ0n) is 15.4. The van der Waals surface area contributed by atoms with Crippen LogP contribution in [0.4, 0.5) is 0 Å². The zero-order valence-corrected chi connectivity index (χ0v) is 16.9. The Morgan fingerprint density at radius 3 is 1.00 bits per heavy atom. The lowest BCUT2D eigenvalue weighted by Gasteiger charge is -2.11. The summed E-state index contributed by atoms with van der Waals surface area (Å²) in [5.74, 6) is -2.23. The van der Waals surface area contributed by atoms with Crippen LogP contribution < -0.4 is 21.3 Å². The van der Waals surface area contributed by atoms with Gasteiger partial charge in [0.25, 0.3) is 23.6 Å². The number of pyridine rings is 2. The molecule has 0 radical (unpaired) electrons. The highest BCUT2D eigenvalue weighted by Gasteiger charge is 2.17. The Balaban J connectivity index is 1.83. The number of aromatic nitrogens is 2. The first-order valence-electron chi connectivity index (χ1n) is 8.81. The maximum Gasteiger partial charge on any atom is 0.270 e. The molecule has 30 heavy (non-hydrogen) atoms. The van der Waals surface area contributed by atoms with Crippen LogP contribution in [-0.4, -0.2) is 59.8 Å². The predicted molar refractivity (Wildman–Crippen MR) is 108 cm³/mol. The molecule has 0 atom stereocenters. The van der Waals surface area contributed by atoms with Crippen LogP contribution in [0.15, 0.2) is 24.3 Å². The van der Waals surface area contributed by atoms with Gasteiger partial charge in [0.1, 0.15) is 22.8 Å². The van der Waals surface area contributed by atoms with Crippen molar-refractivity contribution in [3.05, 3.63) is 57.1 Å². The van der Waals surface area contributed by atoms with Crippen LogP contribution in [-0.2, 0) is 0 Å². The Morgan fingerprint density at radius 2 is 0.767 bits per heavy atom. The largest absolute Gasteiger partial charge is 0.349 e. The summed E-state index contributed by atoms with van der Waals surface area (Å²) >= 11 is 12.0. The molecule has 0 aromatic carbocycles. The van der Waals surface area contributed by atoms with Gasteiger partial charge in [-0.15, -0.1) is 0 Å². The summed E-state index contributed by atoms with van der Waals surface area (Å²) in [5.41, 5.74) is -0.187. The zero-order chi connectivity index (χ0) is 21.7. The number of carbonyl (C=O) groups is 4. The maximum atomic E-state index is 12.3. The molecule has 1 aliphatic heterocycles. The number of halogens is 2. The molecule has 3 heterocycles. The van der Waals surface area contributed by atoms with Crippen LogP contribution in [0.1, 0.15) is 42.0 Å². The molecule has 2 aromatic heterocycles. The summed E-state index contributed by atoms with van der Waals surface area (Å²) in [4.78, 5) is 57.1. The average Bonchev–Trinajstić information content (AvgIpc) is 2.72. The summed E-state index contributed by atoms with van der Waals surface area (Å²) in [5, 5.41) is 10.6. The number of nitrogens with zero attached hydrogens (tertiary/aromatic N) is 2. The second-order valence-corrected chi connectivity index (χ2v) is 7.01. The second kappa shape index (κ2) is 9.51. The number of hydrogen-bond acceptors (Lipinski definition) is 6. The molecule has 0 spiro atoms. The van der Waals surface area contributed by atoms with Gasteiger partial charge in [-0.2, -0.15) is 0 Å². The first-order valence-corrected chi connectivity index (χ1v) is 9.57. The van der Waals surface area contributed by atoms with E-state index in [1.54, 1.807) is 0 Å². The molecular formula is C18H16Cl2N6O4. The van der Waals surface area contributed by atoms with E-state index in [2.05, 4.69) is 31.2 Å². The molecule has 156 valence electrons. The van der Waals surface area contributed by atoms with E-state index in [4.69, 9.17) is 23.2 Å². The van der Waals surface area contributed by atoms with Crippen molar-refractivity contribution < 1.29 is 19.2 Å². The Kier molecular flexibility index (Phi) is 6.80. The lowest BCUT2D eigenvalue weighted by atomic mass is 10.2. The molecule has 0 saturated heterocycles. The topological polar surface area (TPSA) is 142 Å². The number of hydrogen-bond donors (Lipinski definition) is 4. The van der Waals surface area contributed by atoms with Gasteiger partial charge in [0, 0.05) is 36.2 Å². The molecule has 4 bridgehead atoms. The van der Waals surface area contributed by atoms with Crippen molar-refractivity contribution in [3.63, 3.8) is 0 Å². The van der Waals surface area contributed by atoms with Gasteiger partial charge in [0.15, 0.2) is 0 Å². The molecule has 0 fully saturated rings. The predicted octanol–water partition coefficient (Wildman–Crippen LogP) is 0.416. The van der Waals surface area contributed by atoms with Gasteiger partial charge in [-0.05, 0) is 24.3 Å². The summed E-state index contributed by atoms with van der Waals surface area (Å²) in [6.07, 6.45) is 0. The quantitative estimate of drug-likeness (QED) is 0.457. The van der Waals surface area contributed by atoms with Gasteiger partial charge < -0.3 is 21.3 Å². The minimum absolute atomic E-state index is 0.0467. The highest BCUT2D eigenvalue weighted by Crippen LogP contribution is 2.13. The van der Waals surface area contributed by atoms with E-state index in [0.717, 1.165) is 0 Å². The highest BCUT2D eigenvalue weighted by molar-refractivity contribution is 6.31. The molecule has 1 aliphatic rings. The lowest BCUT2D eigenvalue weighted by molar-refractivity contribution is 0.0910. The van der Waals surface area contributed by atoms with E-state index in [-0.39, 0.29) is 59.0 Å². The van der Waals surface area contributed by atoms with Gasteiger partial charge >= 0.3 is 0 Å². The van der Waals surface area contributed by atoms with Gasteiger partial charge in [0.05, 0.1) is 0 Å². The van der Waals surface area contributed by atoms with E-state index in [1.807, 2.05) is 0 Å².